The minimum Gasteiger partial charge on any atom is -0.325 e. The molecule has 0 spiro atoms. The van der Waals surface area contributed by atoms with E-state index in [-0.39, 0.29) is 11.8 Å². The third kappa shape index (κ3) is 4.03. The van der Waals surface area contributed by atoms with E-state index >= 15 is 0 Å². The SMILES string of the molecule is Cc1cccc(C)c1NC(=O)C(C)(C)C(=O)Nc1cccc(Br)c1. The molecular weight excluding hydrogens is 368 g/mol. The van der Waals surface area contributed by atoms with E-state index in [0.29, 0.717) is 5.69 Å². The molecular formula is C19H21BrN2O2. The first kappa shape index (κ1) is 18.2. The molecule has 2 rings (SSSR count). The Morgan fingerprint density at radius 3 is 2.04 bits per heavy atom. The zero-order chi connectivity index (χ0) is 17.9. The van der Waals surface area contributed by atoms with Gasteiger partial charge < -0.3 is 10.6 Å². The Labute approximate surface area is 150 Å². The normalized spacial score (nSPS) is 11.0. The van der Waals surface area contributed by atoms with Crippen LogP contribution in [0, 0.1) is 19.3 Å². The molecule has 0 unspecified atom stereocenters. The second kappa shape index (κ2) is 7.18. The predicted octanol–water partition coefficient (Wildman–Crippen LogP) is 4.67. The summed E-state index contributed by atoms with van der Waals surface area (Å²) >= 11 is 3.36. The minimum absolute atomic E-state index is 0.340. The van der Waals surface area contributed by atoms with Crippen molar-refractivity contribution in [2.45, 2.75) is 27.7 Å². The Morgan fingerprint density at radius 2 is 1.46 bits per heavy atom. The van der Waals surface area contributed by atoms with Crippen molar-refractivity contribution in [2.75, 3.05) is 10.6 Å². The van der Waals surface area contributed by atoms with Crippen LogP contribution < -0.4 is 10.6 Å². The van der Waals surface area contributed by atoms with E-state index < -0.39 is 5.41 Å². The highest BCUT2D eigenvalue weighted by Gasteiger charge is 2.36. The number of amides is 2. The number of rotatable bonds is 4. The largest absolute Gasteiger partial charge is 0.325 e. The van der Waals surface area contributed by atoms with Crippen LogP contribution in [-0.4, -0.2) is 11.8 Å². The van der Waals surface area contributed by atoms with Crippen LogP contribution in [-0.2, 0) is 9.59 Å². The molecule has 2 amide bonds. The number of halogens is 1. The zero-order valence-corrected chi connectivity index (χ0v) is 15.8. The average Bonchev–Trinajstić information content (AvgIpc) is 2.50. The van der Waals surface area contributed by atoms with Gasteiger partial charge in [0.25, 0.3) is 0 Å². The molecule has 4 nitrogen and oxygen atoms in total. The van der Waals surface area contributed by atoms with Crippen molar-refractivity contribution >= 4 is 39.1 Å². The van der Waals surface area contributed by atoms with Crippen molar-refractivity contribution in [3.63, 3.8) is 0 Å². The number of nitrogens with one attached hydrogen (secondary N) is 2. The van der Waals surface area contributed by atoms with Crippen molar-refractivity contribution in [1.82, 2.24) is 0 Å². The molecule has 0 aromatic heterocycles. The van der Waals surface area contributed by atoms with E-state index in [0.717, 1.165) is 21.3 Å². The van der Waals surface area contributed by atoms with Crippen LogP contribution in [0.5, 0.6) is 0 Å². The number of hydrogen-bond acceptors (Lipinski definition) is 2. The molecule has 0 saturated heterocycles. The lowest BCUT2D eigenvalue weighted by Crippen LogP contribution is -2.41. The monoisotopic (exact) mass is 388 g/mol. The van der Waals surface area contributed by atoms with Crippen LogP contribution in [0.15, 0.2) is 46.9 Å². The molecule has 5 heteroatoms. The van der Waals surface area contributed by atoms with Crippen molar-refractivity contribution in [3.05, 3.63) is 58.1 Å². The third-order valence-electron chi connectivity index (χ3n) is 3.94. The topological polar surface area (TPSA) is 58.2 Å². The van der Waals surface area contributed by atoms with Crippen molar-refractivity contribution in [2.24, 2.45) is 5.41 Å². The summed E-state index contributed by atoms with van der Waals surface area (Å²) in [6, 6.07) is 13.1. The first-order chi connectivity index (χ1) is 11.2. The number of aryl methyl sites for hydroxylation is 2. The second-order valence-electron chi connectivity index (χ2n) is 6.31. The van der Waals surface area contributed by atoms with Crippen LogP contribution >= 0.6 is 15.9 Å². The molecule has 2 aromatic rings. The molecule has 0 bridgehead atoms. The summed E-state index contributed by atoms with van der Waals surface area (Å²) in [5, 5.41) is 5.68. The van der Waals surface area contributed by atoms with Crippen LogP contribution in [0.2, 0.25) is 0 Å². The van der Waals surface area contributed by atoms with Crippen LogP contribution in [0.1, 0.15) is 25.0 Å². The molecule has 0 aliphatic rings. The maximum absolute atomic E-state index is 12.7. The summed E-state index contributed by atoms with van der Waals surface area (Å²) in [7, 11) is 0. The highest BCUT2D eigenvalue weighted by molar-refractivity contribution is 9.10. The number of para-hydroxylation sites is 1. The first-order valence-corrected chi connectivity index (χ1v) is 8.46. The number of carbonyl (C=O) groups is 2. The van der Waals surface area contributed by atoms with Gasteiger partial charge in [0.05, 0.1) is 0 Å². The Hall–Kier alpha value is -2.14. The van der Waals surface area contributed by atoms with Gasteiger partial charge in [0, 0.05) is 15.8 Å². The van der Waals surface area contributed by atoms with Gasteiger partial charge in [-0.2, -0.15) is 0 Å². The van der Waals surface area contributed by atoms with Crippen molar-refractivity contribution < 1.29 is 9.59 Å². The lowest BCUT2D eigenvalue weighted by atomic mass is 9.90. The van der Waals surface area contributed by atoms with Gasteiger partial charge in [0.1, 0.15) is 5.41 Å². The van der Waals surface area contributed by atoms with Gasteiger partial charge in [-0.25, -0.2) is 0 Å². The maximum Gasteiger partial charge on any atom is 0.239 e. The molecule has 0 aliphatic carbocycles. The summed E-state index contributed by atoms with van der Waals surface area (Å²) in [6.07, 6.45) is 0. The van der Waals surface area contributed by atoms with Gasteiger partial charge >= 0.3 is 0 Å². The second-order valence-corrected chi connectivity index (χ2v) is 7.23. The van der Waals surface area contributed by atoms with E-state index in [4.69, 9.17) is 0 Å². The van der Waals surface area contributed by atoms with Gasteiger partial charge in [0.2, 0.25) is 11.8 Å². The fraction of sp³-hybridized carbons (Fsp3) is 0.263. The molecule has 0 aliphatic heterocycles. The lowest BCUT2D eigenvalue weighted by Gasteiger charge is -2.24. The predicted molar refractivity (Wildman–Crippen MR) is 101 cm³/mol. The molecule has 0 fully saturated rings. The average molecular weight is 389 g/mol. The Balaban J connectivity index is 2.16. The molecule has 0 atom stereocenters. The van der Waals surface area contributed by atoms with Crippen LogP contribution in [0.3, 0.4) is 0 Å². The highest BCUT2D eigenvalue weighted by Crippen LogP contribution is 2.25. The van der Waals surface area contributed by atoms with E-state index in [2.05, 4.69) is 26.6 Å². The third-order valence-corrected chi connectivity index (χ3v) is 4.43. The number of hydrogen-bond donors (Lipinski definition) is 2. The Bertz CT molecular complexity index is 764. The van der Waals surface area contributed by atoms with Crippen molar-refractivity contribution in [1.29, 1.82) is 0 Å². The van der Waals surface area contributed by atoms with Gasteiger partial charge in [-0.15, -0.1) is 0 Å². The zero-order valence-electron chi connectivity index (χ0n) is 14.2. The van der Waals surface area contributed by atoms with E-state index in [1.807, 2.05) is 44.2 Å². The standard InChI is InChI=1S/C19H21BrN2O2/c1-12-7-5-8-13(2)16(12)22-18(24)19(3,4)17(23)21-15-10-6-9-14(20)11-15/h5-11H,1-4H3,(H,21,23)(H,22,24). The summed E-state index contributed by atoms with van der Waals surface area (Å²) < 4.78 is 0.859. The number of anilines is 2. The Kier molecular flexibility index (Phi) is 5.44. The maximum atomic E-state index is 12.7. The molecule has 2 aromatic carbocycles. The van der Waals surface area contributed by atoms with Crippen molar-refractivity contribution in [3.8, 4) is 0 Å². The first-order valence-electron chi connectivity index (χ1n) is 7.66. The molecule has 0 radical (unpaired) electrons. The summed E-state index contributed by atoms with van der Waals surface area (Å²) in [6.45, 7) is 7.08. The lowest BCUT2D eigenvalue weighted by molar-refractivity contribution is -0.135. The minimum atomic E-state index is -1.21. The fourth-order valence-electron chi connectivity index (χ4n) is 2.24. The summed E-state index contributed by atoms with van der Waals surface area (Å²) in [4.78, 5) is 25.2. The van der Waals surface area contributed by atoms with Gasteiger partial charge in [0.15, 0.2) is 0 Å². The van der Waals surface area contributed by atoms with Crippen LogP contribution in [0.4, 0.5) is 11.4 Å². The molecule has 2 N–H and O–H groups in total. The highest BCUT2D eigenvalue weighted by atomic mass is 79.9. The summed E-state index contributed by atoms with van der Waals surface area (Å²) in [5.41, 5.74) is 2.11. The molecule has 0 saturated carbocycles. The van der Waals surface area contributed by atoms with Gasteiger partial charge in [-0.05, 0) is 57.0 Å². The number of benzene rings is 2. The fourth-order valence-corrected chi connectivity index (χ4v) is 2.64. The molecule has 126 valence electrons. The molecule has 0 heterocycles. The summed E-state index contributed by atoms with van der Waals surface area (Å²) in [5.74, 6) is -0.697. The quantitative estimate of drug-likeness (QED) is 0.747. The number of carbonyl (C=O) groups excluding carboxylic acids is 2. The molecule has 24 heavy (non-hydrogen) atoms. The Morgan fingerprint density at radius 1 is 0.917 bits per heavy atom. The van der Waals surface area contributed by atoms with E-state index in [1.54, 1.807) is 26.0 Å². The van der Waals surface area contributed by atoms with Crippen LogP contribution in [0.25, 0.3) is 0 Å². The van der Waals surface area contributed by atoms with Gasteiger partial charge in [-0.3, -0.25) is 9.59 Å². The van der Waals surface area contributed by atoms with E-state index in [9.17, 15) is 9.59 Å². The smallest absolute Gasteiger partial charge is 0.239 e. The van der Waals surface area contributed by atoms with E-state index in [1.165, 1.54) is 0 Å². The van der Waals surface area contributed by atoms with Gasteiger partial charge in [-0.1, -0.05) is 40.2 Å².